The molecule has 4 saturated heterocycles. The second kappa shape index (κ2) is 17.9. The summed E-state index contributed by atoms with van der Waals surface area (Å²) in [5.41, 5.74) is 4.72. The minimum Gasteiger partial charge on any atom is -0.468 e. The van der Waals surface area contributed by atoms with Gasteiger partial charge in [-0.25, -0.2) is 18.6 Å². The molecule has 3 unspecified atom stereocenters. The molecule has 4 aliphatic heterocycles. The highest BCUT2D eigenvalue weighted by Crippen LogP contribution is 2.45. The summed E-state index contributed by atoms with van der Waals surface area (Å²) in [7, 11) is -0.754. The smallest absolute Gasteiger partial charge is 0.410 e. The van der Waals surface area contributed by atoms with Crippen molar-refractivity contribution in [2.75, 3.05) is 51.6 Å². The Labute approximate surface area is 381 Å². The van der Waals surface area contributed by atoms with Crippen LogP contribution in [-0.4, -0.2) is 120 Å². The molecular weight excluding hydrogens is 855 g/mol. The lowest BCUT2D eigenvalue weighted by atomic mass is 9.95. The number of benzene rings is 2. The number of hydrogen-bond acceptors (Lipinski definition) is 12. The second-order valence-corrected chi connectivity index (χ2v) is 26.8. The average Bonchev–Trinajstić information content (AvgIpc) is 3.97. The Morgan fingerprint density at radius 2 is 1.72 bits per heavy atom. The van der Waals surface area contributed by atoms with E-state index in [-0.39, 0.29) is 43.2 Å². The van der Waals surface area contributed by atoms with Crippen molar-refractivity contribution in [2.45, 2.75) is 147 Å². The van der Waals surface area contributed by atoms with Gasteiger partial charge < -0.3 is 29.0 Å². The number of methoxy groups -OCH3 is 1. The van der Waals surface area contributed by atoms with Crippen LogP contribution in [0, 0.1) is 17.3 Å². The summed E-state index contributed by atoms with van der Waals surface area (Å²) >= 11 is 1.21. The number of ether oxygens (including phenoxy) is 4. The fraction of sp³-hybridized carbons (Fsp3) is 0.625. The summed E-state index contributed by atoms with van der Waals surface area (Å²) in [5.74, 6) is 3.85. The summed E-state index contributed by atoms with van der Waals surface area (Å²) in [6, 6.07) is 6.54. The first kappa shape index (κ1) is 46.4. The first-order valence-electron chi connectivity index (χ1n) is 22.9. The maximum absolute atomic E-state index is 16.3. The number of hydrogen-bond donors (Lipinski definition) is 1. The first-order chi connectivity index (χ1) is 30.3. The van der Waals surface area contributed by atoms with E-state index in [1.165, 1.54) is 24.5 Å². The number of amides is 1. The number of aromatic nitrogens is 3. The number of anilines is 1. The lowest BCUT2D eigenvalue weighted by molar-refractivity contribution is 0.0122. The molecule has 4 fully saturated rings. The summed E-state index contributed by atoms with van der Waals surface area (Å²) in [5, 5.41) is 14.0. The maximum Gasteiger partial charge on any atom is 0.410 e. The van der Waals surface area contributed by atoms with Crippen LogP contribution in [0.5, 0.6) is 11.8 Å². The number of alkyl halides is 1. The van der Waals surface area contributed by atoms with Crippen LogP contribution in [0.2, 0.25) is 16.6 Å². The van der Waals surface area contributed by atoms with Crippen LogP contribution in [0.4, 0.5) is 19.4 Å². The zero-order valence-corrected chi connectivity index (χ0v) is 40.8. The summed E-state index contributed by atoms with van der Waals surface area (Å²) < 4.78 is 54.6. The Balaban J connectivity index is 1.23. The van der Waals surface area contributed by atoms with Gasteiger partial charge in [0.1, 0.15) is 54.6 Å². The standard InChI is InChI=1S/C48H64F2N6O6SSi/c1-28(2)64(29(3)4,30(5)6)19-16-36-38(50)15-12-31-20-35(61-27-59-10)21-37(39(31)36)41(57)44-51-40-42(54-24-33-13-14-34(25-54)56(33)46(58)62-47(7,8)9)52-45(53-43(40)63-44)60-26-48-17-11-18-55(48)23-32(49)22-48/h12,15,20-21,28-30,32-34,41,57H,11,13-14,17-18,22-27H2,1-10H3/t32-,33?,34?,41?,48+/m1/s1. The molecule has 4 aromatic rings. The highest BCUT2D eigenvalue weighted by molar-refractivity contribution is 7.18. The van der Waals surface area contributed by atoms with Gasteiger partial charge in [0, 0.05) is 44.1 Å². The molecule has 64 heavy (non-hydrogen) atoms. The van der Waals surface area contributed by atoms with Crippen molar-refractivity contribution in [2.24, 2.45) is 0 Å². The Morgan fingerprint density at radius 3 is 2.38 bits per heavy atom. The summed E-state index contributed by atoms with van der Waals surface area (Å²) in [4.78, 5) is 35.1. The molecule has 1 amide bonds. The largest absolute Gasteiger partial charge is 0.468 e. The van der Waals surface area contributed by atoms with Crippen molar-refractivity contribution in [3.8, 4) is 23.2 Å². The molecule has 0 spiro atoms. The van der Waals surface area contributed by atoms with Crippen molar-refractivity contribution in [1.29, 1.82) is 0 Å². The minimum absolute atomic E-state index is 0.0305. The van der Waals surface area contributed by atoms with Gasteiger partial charge in [-0.1, -0.05) is 64.9 Å². The highest BCUT2D eigenvalue weighted by Gasteiger charge is 2.50. The van der Waals surface area contributed by atoms with E-state index in [4.69, 9.17) is 33.9 Å². The van der Waals surface area contributed by atoms with E-state index in [0.29, 0.717) is 85.9 Å². The van der Waals surface area contributed by atoms with Crippen molar-refractivity contribution in [1.82, 2.24) is 24.8 Å². The average molecular weight is 919 g/mol. The number of fused-ring (bicyclic) bond motifs is 5. The predicted octanol–water partition coefficient (Wildman–Crippen LogP) is 9.56. The molecule has 5 atom stereocenters. The number of nitrogens with zero attached hydrogens (tertiary/aromatic N) is 6. The summed E-state index contributed by atoms with van der Waals surface area (Å²) in [6.07, 6.45) is 1.25. The zero-order chi connectivity index (χ0) is 45.9. The van der Waals surface area contributed by atoms with Gasteiger partial charge in [0.15, 0.2) is 17.4 Å². The number of carbonyl (C=O) groups excluding carboxylic acids is 1. The van der Waals surface area contributed by atoms with E-state index in [9.17, 15) is 14.3 Å². The van der Waals surface area contributed by atoms with Gasteiger partial charge in [-0.15, -0.1) is 5.54 Å². The minimum atomic E-state index is -2.29. The molecule has 0 aliphatic carbocycles. The normalized spacial score (nSPS) is 23.1. The third-order valence-corrected chi connectivity index (χ3v) is 21.4. The molecule has 2 aromatic heterocycles. The number of carbonyl (C=O) groups is 1. The number of aliphatic hydroxyl groups is 1. The van der Waals surface area contributed by atoms with Gasteiger partial charge in [-0.3, -0.25) is 9.80 Å². The van der Waals surface area contributed by atoms with Gasteiger partial charge in [0.25, 0.3) is 0 Å². The molecule has 12 nitrogen and oxygen atoms in total. The van der Waals surface area contributed by atoms with E-state index >= 15 is 4.39 Å². The molecule has 1 N–H and O–H groups in total. The third kappa shape index (κ3) is 8.67. The quantitative estimate of drug-likeness (QED) is 0.0831. The van der Waals surface area contributed by atoms with Gasteiger partial charge in [-0.05, 0) is 93.2 Å². The topological polar surface area (TPSA) is 123 Å². The lowest BCUT2D eigenvalue weighted by Crippen LogP contribution is -2.57. The van der Waals surface area contributed by atoms with Gasteiger partial charge >= 0.3 is 12.1 Å². The molecule has 6 heterocycles. The SMILES string of the molecule is COCOc1cc(C(O)c2nc3c(N4CC5CCC(C4)N5C(=O)OC(C)(C)C)nc(OC[C@@]45CCCN4C[C@H](F)C5)nc3s2)c2c(C#C[Si](C(C)C)(C(C)C)C(C)C)c(F)ccc2c1. The Hall–Kier alpha value is -4.14. The van der Waals surface area contributed by atoms with Crippen LogP contribution >= 0.6 is 11.3 Å². The molecular formula is C48H64F2N6O6SSi. The monoisotopic (exact) mass is 918 g/mol. The van der Waals surface area contributed by atoms with E-state index in [1.54, 1.807) is 12.1 Å². The van der Waals surface area contributed by atoms with E-state index in [1.807, 2.05) is 31.7 Å². The summed E-state index contributed by atoms with van der Waals surface area (Å²) in [6.45, 7) is 21.3. The number of thiazole rings is 1. The van der Waals surface area contributed by atoms with Crippen LogP contribution < -0.4 is 14.4 Å². The first-order valence-corrected chi connectivity index (χ1v) is 25.9. The maximum atomic E-state index is 16.3. The molecule has 0 radical (unpaired) electrons. The van der Waals surface area contributed by atoms with Crippen LogP contribution in [-0.2, 0) is 9.47 Å². The third-order valence-electron chi connectivity index (χ3n) is 14.1. The lowest BCUT2D eigenvalue weighted by Gasteiger charge is -2.41. The number of piperazine rings is 1. The van der Waals surface area contributed by atoms with Crippen molar-refractivity contribution in [3.05, 3.63) is 46.2 Å². The molecule has 4 aliphatic rings. The van der Waals surface area contributed by atoms with Gasteiger partial charge in [0.2, 0.25) is 0 Å². The van der Waals surface area contributed by atoms with Crippen LogP contribution in [0.1, 0.15) is 117 Å². The number of aliphatic hydroxyl groups excluding tert-OH is 1. The van der Waals surface area contributed by atoms with E-state index in [2.05, 4.69) is 62.8 Å². The fourth-order valence-corrected chi connectivity index (χ4v) is 17.4. The second-order valence-electron chi connectivity index (χ2n) is 20.2. The molecule has 16 heteroatoms. The molecule has 8 rings (SSSR count). The van der Waals surface area contributed by atoms with Crippen LogP contribution in [0.3, 0.4) is 0 Å². The number of rotatable bonds is 12. The Bertz CT molecular complexity index is 2420. The predicted molar refractivity (Wildman–Crippen MR) is 249 cm³/mol. The highest BCUT2D eigenvalue weighted by atomic mass is 32.1. The fourth-order valence-electron chi connectivity index (χ4n) is 11.3. The molecule has 2 aromatic carbocycles. The Morgan fingerprint density at radius 1 is 1.02 bits per heavy atom. The molecule has 0 saturated carbocycles. The molecule has 2 bridgehead atoms. The van der Waals surface area contributed by atoms with E-state index in [0.717, 1.165) is 32.2 Å². The van der Waals surface area contributed by atoms with Crippen molar-refractivity contribution >= 4 is 52.4 Å². The van der Waals surface area contributed by atoms with Crippen LogP contribution in [0.15, 0.2) is 24.3 Å². The molecule has 346 valence electrons. The van der Waals surface area contributed by atoms with Crippen molar-refractivity contribution in [3.63, 3.8) is 0 Å². The van der Waals surface area contributed by atoms with Crippen LogP contribution in [0.25, 0.3) is 21.1 Å². The zero-order valence-electron chi connectivity index (χ0n) is 39.0. The number of halogens is 2. The van der Waals surface area contributed by atoms with Gasteiger partial charge in [-0.2, -0.15) is 9.97 Å². The van der Waals surface area contributed by atoms with Gasteiger partial charge in [0.05, 0.1) is 23.2 Å². The van der Waals surface area contributed by atoms with Crippen molar-refractivity contribution < 1.29 is 37.6 Å². The Kier molecular flexibility index (Phi) is 13.0. The van der Waals surface area contributed by atoms with E-state index < -0.39 is 37.3 Å².